The van der Waals surface area contributed by atoms with E-state index >= 15 is 0 Å². The van der Waals surface area contributed by atoms with E-state index in [4.69, 9.17) is 0 Å². The summed E-state index contributed by atoms with van der Waals surface area (Å²) in [5, 5.41) is 0. The Balaban J connectivity index is 1.85. The van der Waals surface area contributed by atoms with E-state index in [-0.39, 0.29) is 0 Å². The van der Waals surface area contributed by atoms with Gasteiger partial charge in [0.1, 0.15) is 0 Å². The molecule has 2 atom stereocenters. The molecular formula is C9H16. The third kappa shape index (κ3) is 0.997. The van der Waals surface area contributed by atoms with Crippen LogP contribution in [0.2, 0.25) is 0 Å². The molecule has 0 aromatic heterocycles. The van der Waals surface area contributed by atoms with Crippen molar-refractivity contribution in [3.8, 4) is 0 Å². The quantitative estimate of drug-likeness (QED) is 0.504. The monoisotopic (exact) mass is 124 g/mol. The minimum absolute atomic E-state index is 1.09. The summed E-state index contributed by atoms with van der Waals surface area (Å²) in [4.78, 5) is 0. The number of hydrogen-bond donors (Lipinski definition) is 0. The summed E-state index contributed by atoms with van der Waals surface area (Å²) in [6.07, 6.45) is 7.69. The maximum Gasteiger partial charge on any atom is -0.0357 e. The normalized spacial score (nSPS) is 43.7. The molecule has 2 fully saturated rings. The second-order valence-corrected chi connectivity index (χ2v) is 3.92. The summed E-state index contributed by atoms with van der Waals surface area (Å²) in [5.74, 6) is 3.40. The molecule has 0 N–H and O–H groups in total. The first-order chi connectivity index (χ1) is 4.38. The Labute approximate surface area is 57.6 Å². The van der Waals surface area contributed by atoms with Crippen molar-refractivity contribution in [1.82, 2.24) is 0 Å². The summed E-state index contributed by atoms with van der Waals surface area (Å²) in [5.41, 5.74) is 0. The first kappa shape index (κ1) is 5.76. The zero-order chi connectivity index (χ0) is 6.27. The van der Waals surface area contributed by atoms with E-state index in [2.05, 4.69) is 6.92 Å². The first-order valence-corrected chi connectivity index (χ1v) is 4.38. The highest BCUT2D eigenvalue weighted by Crippen LogP contribution is 2.49. The number of hydrogen-bond acceptors (Lipinski definition) is 0. The van der Waals surface area contributed by atoms with Gasteiger partial charge in [-0.1, -0.05) is 32.6 Å². The van der Waals surface area contributed by atoms with Gasteiger partial charge in [-0.2, -0.15) is 0 Å². The molecule has 0 aromatic carbocycles. The Morgan fingerprint density at radius 1 is 1.11 bits per heavy atom. The minimum Gasteiger partial charge on any atom is -0.0622 e. The average molecular weight is 124 g/mol. The molecule has 52 valence electrons. The Morgan fingerprint density at radius 3 is 2.11 bits per heavy atom. The van der Waals surface area contributed by atoms with E-state index < -0.39 is 0 Å². The van der Waals surface area contributed by atoms with Crippen molar-refractivity contribution in [3.63, 3.8) is 0 Å². The second kappa shape index (κ2) is 2.00. The molecule has 0 aliphatic heterocycles. The summed E-state index contributed by atoms with van der Waals surface area (Å²) in [6.45, 7) is 2.41. The lowest BCUT2D eigenvalue weighted by Crippen LogP contribution is -1.95. The fraction of sp³-hybridized carbons (Fsp3) is 1.00. The van der Waals surface area contributed by atoms with E-state index in [9.17, 15) is 0 Å². The van der Waals surface area contributed by atoms with Crippen molar-refractivity contribution in [1.29, 1.82) is 0 Å². The van der Waals surface area contributed by atoms with E-state index in [0.29, 0.717) is 0 Å². The first-order valence-electron chi connectivity index (χ1n) is 4.38. The van der Waals surface area contributed by atoms with Crippen LogP contribution < -0.4 is 0 Å². The van der Waals surface area contributed by atoms with E-state index in [1.54, 1.807) is 19.3 Å². The lowest BCUT2D eigenvalue weighted by atomic mass is 10.0. The summed E-state index contributed by atoms with van der Waals surface area (Å²) in [7, 11) is 0. The van der Waals surface area contributed by atoms with Gasteiger partial charge in [0.25, 0.3) is 0 Å². The molecule has 9 heavy (non-hydrogen) atoms. The maximum atomic E-state index is 2.41. The summed E-state index contributed by atoms with van der Waals surface area (Å²) >= 11 is 0. The smallest absolute Gasteiger partial charge is 0.0357 e. The largest absolute Gasteiger partial charge is 0.0622 e. The molecule has 0 heterocycles. The van der Waals surface area contributed by atoms with Crippen LogP contribution in [0.5, 0.6) is 0 Å². The fourth-order valence-electron chi connectivity index (χ4n) is 2.39. The Kier molecular flexibility index (Phi) is 1.28. The standard InChI is InChI=1S/C9H16/c1-7-6-9(7)8-4-2-3-5-8/h7-9H,2-6H2,1H3/t7-,9?/m0/s1. The van der Waals surface area contributed by atoms with Crippen molar-refractivity contribution in [2.75, 3.05) is 0 Å². The highest BCUT2D eigenvalue weighted by Gasteiger charge is 2.39. The van der Waals surface area contributed by atoms with Crippen LogP contribution in [0.1, 0.15) is 39.0 Å². The highest BCUT2D eigenvalue weighted by molar-refractivity contribution is 4.89. The zero-order valence-corrected chi connectivity index (χ0v) is 6.27. The SMILES string of the molecule is C[C@H]1CC1C1CCCC1. The minimum atomic E-state index is 1.09. The molecule has 0 saturated heterocycles. The van der Waals surface area contributed by atoms with E-state index in [0.717, 1.165) is 17.8 Å². The Morgan fingerprint density at radius 2 is 1.67 bits per heavy atom. The van der Waals surface area contributed by atoms with E-state index in [1.165, 1.54) is 12.8 Å². The van der Waals surface area contributed by atoms with Crippen LogP contribution >= 0.6 is 0 Å². The predicted octanol–water partition coefficient (Wildman–Crippen LogP) is 2.83. The van der Waals surface area contributed by atoms with Gasteiger partial charge in [-0.15, -0.1) is 0 Å². The number of rotatable bonds is 1. The van der Waals surface area contributed by atoms with Crippen LogP contribution in [0.4, 0.5) is 0 Å². The van der Waals surface area contributed by atoms with Gasteiger partial charge in [0.15, 0.2) is 0 Å². The zero-order valence-electron chi connectivity index (χ0n) is 6.27. The molecule has 1 unspecified atom stereocenters. The van der Waals surface area contributed by atoms with Crippen molar-refractivity contribution < 1.29 is 0 Å². The molecule has 0 amide bonds. The predicted molar refractivity (Wildman–Crippen MR) is 39.2 cm³/mol. The van der Waals surface area contributed by atoms with Gasteiger partial charge >= 0.3 is 0 Å². The van der Waals surface area contributed by atoms with Crippen molar-refractivity contribution in [3.05, 3.63) is 0 Å². The van der Waals surface area contributed by atoms with Gasteiger partial charge in [0.05, 0.1) is 0 Å². The lowest BCUT2D eigenvalue weighted by Gasteiger charge is -2.04. The molecule has 2 rings (SSSR count). The topological polar surface area (TPSA) is 0 Å². The van der Waals surface area contributed by atoms with Crippen LogP contribution in [0.3, 0.4) is 0 Å². The molecule has 0 heteroatoms. The van der Waals surface area contributed by atoms with Gasteiger partial charge in [0.2, 0.25) is 0 Å². The third-order valence-corrected chi connectivity index (χ3v) is 3.18. The molecule has 2 aliphatic carbocycles. The third-order valence-electron chi connectivity index (χ3n) is 3.18. The van der Waals surface area contributed by atoms with Crippen LogP contribution in [-0.4, -0.2) is 0 Å². The van der Waals surface area contributed by atoms with Gasteiger partial charge in [-0.05, 0) is 24.2 Å². The second-order valence-electron chi connectivity index (χ2n) is 3.92. The average Bonchev–Trinajstić information content (AvgIpc) is 2.44. The van der Waals surface area contributed by atoms with Gasteiger partial charge < -0.3 is 0 Å². The van der Waals surface area contributed by atoms with Gasteiger partial charge in [-0.3, -0.25) is 0 Å². The molecule has 0 radical (unpaired) electrons. The van der Waals surface area contributed by atoms with Crippen LogP contribution in [0.25, 0.3) is 0 Å². The van der Waals surface area contributed by atoms with Gasteiger partial charge in [-0.25, -0.2) is 0 Å². The molecule has 0 bridgehead atoms. The highest BCUT2D eigenvalue weighted by atomic mass is 14.4. The Hall–Kier alpha value is 0. The summed E-state index contributed by atoms with van der Waals surface area (Å²) in [6, 6.07) is 0. The van der Waals surface area contributed by atoms with E-state index in [1.807, 2.05) is 0 Å². The van der Waals surface area contributed by atoms with Crippen molar-refractivity contribution >= 4 is 0 Å². The molecule has 0 aromatic rings. The molecule has 2 saturated carbocycles. The van der Waals surface area contributed by atoms with Crippen molar-refractivity contribution in [2.45, 2.75) is 39.0 Å². The molecule has 0 nitrogen and oxygen atoms in total. The van der Waals surface area contributed by atoms with Crippen LogP contribution in [0, 0.1) is 17.8 Å². The van der Waals surface area contributed by atoms with Gasteiger partial charge in [0, 0.05) is 0 Å². The maximum absolute atomic E-state index is 2.41. The van der Waals surface area contributed by atoms with Crippen LogP contribution in [0.15, 0.2) is 0 Å². The molecular weight excluding hydrogens is 108 g/mol. The molecule has 2 aliphatic rings. The van der Waals surface area contributed by atoms with Crippen LogP contribution in [-0.2, 0) is 0 Å². The fourth-order valence-corrected chi connectivity index (χ4v) is 2.39. The van der Waals surface area contributed by atoms with Crippen molar-refractivity contribution in [2.24, 2.45) is 17.8 Å². The lowest BCUT2D eigenvalue weighted by molar-refractivity contribution is 0.456. The summed E-state index contributed by atoms with van der Waals surface area (Å²) < 4.78 is 0. The molecule has 0 spiro atoms. The Bertz CT molecular complexity index is 101.